The Hall–Kier alpha value is -7.94. The summed E-state index contributed by atoms with van der Waals surface area (Å²) in [7, 11) is 14.9. The molecule has 0 radical (unpaired) electrons. The van der Waals surface area contributed by atoms with E-state index in [0.717, 1.165) is 66.6 Å². The molecule has 346 valence electrons. The van der Waals surface area contributed by atoms with Gasteiger partial charge < -0.3 is 47.4 Å². The zero-order chi connectivity index (χ0) is 47.3. The molecule has 67 heavy (non-hydrogen) atoms. The number of nitrogens with one attached hydrogen (secondary N) is 1. The monoisotopic (exact) mass is 906 g/mol. The van der Waals surface area contributed by atoms with E-state index in [2.05, 4.69) is 46.6 Å². The summed E-state index contributed by atoms with van der Waals surface area (Å²) in [5.74, 6) is 5.34. The highest BCUT2D eigenvalue weighted by molar-refractivity contribution is 5.94. The van der Waals surface area contributed by atoms with E-state index in [9.17, 15) is 0 Å². The van der Waals surface area contributed by atoms with E-state index in [1.54, 1.807) is 56.9 Å². The summed E-state index contributed by atoms with van der Waals surface area (Å²) in [5, 5.41) is 14.4. The summed E-state index contributed by atoms with van der Waals surface area (Å²) in [6.07, 6.45) is 8.00. The van der Waals surface area contributed by atoms with Crippen molar-refractivity contribution in [3.8, 4) is 68.2 Å². The summed E-state index contributed by atoms with van der Waals surface area (Å²) >= 11 is 0. The highest BCUT2D eigenvalue weighted by Crippen LogP contribution is 2.37. The minimum absolute atomic E-state index is 0.162. The van der Waals surface area contributed by atoms with Crippen molar-refractivity contribution in [2.45, 2.75) is 0 Å². The number of methoxy groups -OCH3 is 8. The Morgan fingerprint density at radius 3 is 1.37 bits per heavy atom. The maximum Gasteiger partial charge on any atom is 0.188 e. The van der Waals surface area contributed by atoms with Crippen molar-refractivity contribution in [3.05, 3.63) is 132 Å². The Labute approximate surface area is 389 Å². The van der Waals surface area contributed by atoms with Gasteiger partial charge in [-0.1, -0.05) is 48.6 Å². The summed E-state index contributed by atoms with van der Waals surface area (Å²) in [4.78, 5) is 0. The fourth-order valence-corrected chi connectivity index (χ4v) is 7.38. The average Bonchev–Trinajstić information content (AvgIpc) is 3.94. The van der Waals surface area contributed by atoms with Gasteiger partial charge in [0.15, 0.2) is 59.6 Å². The van der Waals surface area contributed by atoms with Gasteiger partial charge in [0, 0.05) is 32.0 Å². The van der Waals surface area contributed by atoms with Crippen molar-refractivity contribution in [3.63, 3.8) is 0 Å². The highest BCUT2D eigenvalue weighted by atomic mass is 16.7. The SMILES string of the molecule is COCOc1ccc(-c2ccc3c(C=Cc4ccc(OC)c(OC)c4)n[nH]c3c2)cc1OC.COCOc1ccc(-c2ccc3c(C=Cc4ccc(OC)c(OC)c4)nn(C)c3c2)cc1OC. The minimum Gasteiger partial charge on any atom is -0.493 e. The molecular formula is C53H54N4O10. The number of aromatic nitrogens is 4. The molecule has 0 aliphatic heterocycles. The number of aryl methyl sites for hydroxylation is 1. The van der Waals surface area contributed by atoms with Gasteiger partial charge in [-0.3, -0.25) is 9.78 Å². The van der Waals surface area contributed by atoms with Crippen molar-refractivity contribution in [2.24, 2.45) is 7.05 Å². The first-order chi connectivity index (χ1) is 32.7. The molecule has 8 rings (SSSR count). The van der Waals surface area contributed by atoms with Gasteiger partial charge in [-0.05, 0) is 118 Å². The Kier molecular flexibility index (Phi) is 15.7. The zero-order valence-corrected chi connectivity index (χ0v) is 39.0. The standard InChI is InChI=1S/C27H28N2O5.C26H26N2O5/c1-29-23-15-19(20-9-13-25(34-17-30-2)27(16-20)33-5)8-10-21(23)22(28-29)11-6-18-7-12-24(31-3)26(14-18)32-4;1-29-16-33-24-12-8-19(15-26(24)32-4)18-7-9-20-21(27-28-22(20)14-18)10-5-17-6-11-23(30-2)25(13-17)31-3/h6-16H,17H2,1-5H3;5-15H,16H2,1-4H3,(H,27,28). The molecule has 0 saturated heterocycles. The largest absolute Gasteiger partial charge is 0.493 e. The van der Waals surface area contributed by atoms with E-state index in [-0.39, 0.29) is 13.6 Å². The molecule has 0 spiro atoms. The predicted octanol–water partition coefficient (Wildman–Crippen LogP) is 10.8. The van der Waals surface area contributed by atoms with Crippen molar-refractivity contribution in [1.82, 2.24) is 20.0 Å². The Bertz CT molecular complexity index is 3010. The zero-order valence-electron chi connectivity index (χ0n) is 39.0. The fourth-order valence-electron chi connectivity index (χ4n) is 7.38. The van der Waals surface area contributed by atoms with Crippen LogP contribution in [-0.4, -0.2) is 90.4 Å². The fraction of sp³-hybridized carbons (Fsp3) is 0.208. The van der Waals surface area contributed by atoms with Crippen LogP contribution >= 0.6 is 0 Å². The number of hydrogen-bond donors (Lipinski definition) is 1. The number of ether oxygens (including phenoxy) is 10. The van der Waals surface area contributed by atoms with Gasteiger partial charge in [0.05, 0.1) is 65.1 Å². The Balaban J connectivity index is 0.000000199. The van der Waals surface area contributed by atoms with Gasteiger partial charge in [0.2, 0.25) is 0 Å². The normalized spacial score (nSPS) is 11.2. The molecule has 6 aromatic carbocycles. The molecule has 1 N–H and O–H groups in total. The molecular weight excluding hydrogens is 853 g/mol. The van der Waals surface area contributed by atoms with Crippen molar-refractivity contribution in [1.29, 1.82) is 0 Å². The van der Waals surface area contributed by atoms with Crippen LogP contribution in [0.3, 0.4) is 0 Å². The van der Waals surface area contributed by atoms with E-state index in [0.29, 0.717) is 46.0 Å². The molecule has 14 heteroatoms. The predicted molar refractivity (Wildman–Crippen MR) is 263 cm³/mol. The first kappa shape index (κ1) is 47.0. The quantitative estimate of drug-likeness (QED) is 0.0820. The van der Waals surface area contributed by atoms with Crippen molar-refractivity contribution in [2.75, 3.05) is 70.5 Å². The van der Waals surface area contributed by atoms with Gasteiger partial charge in [-0.2, -0.15) is 10.2 Å². The number of hydrogen-bond acceptors (Lipinski definition) is 12. The molecule has 0 aliphatic carbocycles. The molecule has 0 atom stereocenters. The second-order valence-corrected chi connectivity index (χ2v) is 14.8. The van der Waals surface area contributed by atoms with Gasteiger partial charge in [0.1, 0.15) is 0 Å². The van der Waals surface area contributed by atoms with E-state index >= 15 is 0 Å². The van der Waals surface area contributed by atoms with Crippen LogP contribution in [0.25, 0.3) is 68.4 Å². The van der Waals surface area contributed by atoms with Gasteiger partial charge in [0.25, 0.3) is 0 Å². The Morgan fingerprint density at radius 2 is 0.866 bits per heavy atom. The van der Waals surface area contributed by atoms with E-state index < -0.39 is 0 Å². The lowest BCUT2D eigenvalue weighted by Gasteiger charge is -2.12. The lowest BCUT2D eigenvalue weighted by atomic mass is 10.0. The molecule has 0 amide bonds. The van der Waals surface area contributed by atoms with Crippen LogP contribution in [0.2, 0.25) is 0 Å². The lowest BCUT2D eigenvalue weighted by Crippen LogP contribution is -2.00. The number of rotatable bonds is 18. The maximum atomic E-state index is 5.57. The molecule has 2 aromatic heterocycles. The van der Waals surface area contributed by atoms with Crippen LogP contribution in [0.1, 0.15) is 22.5 Å². The second kappa shape index (κ2) is 22.3. The van der Waals surface area contributed by atoms with Crippen molar-refractivity contribution < 1.29 is 47.4 Å². The summed E-state index contributed by atoms with van der Waals surface area (Å²) in [6, 6.07) is 35.7. The number of benzene rings is 6. The molecule has 0 bridgehead atoms. The summed E-state index contributed by atoms with van der Waals surface area (Å²) in [6.45, 7) is 0.325. The highest BCUT2D eigenvalue weighted by Gasteiger charge is 2.13. The van der Waals surface area contributed by atoms with Crippen LogP contribution in [0.15, 0.2) is 109 Å². The molecule has 8 aromatic rings. The number of fused-ring (bicyclic) bond motifs is 2. The van der Waals surface area contributed by atoms with E-state index in [1.807, 2.05) is 109 Å². The molecule has 14 nitrogen and oxygen atoms in total. The van der Waals surface area contributed by atoms with Crippen LogP contribution in [-0.2, 0) is 16.5 Å². The topological polar surface area (TPSA) is 139 Å². The number of aromatic amines is 1. The van der Waals surface area contributed by atoms with E-state index in [4.69, 9.17) is 52.5 Å². The third kappa shape index (κ3) is 11.0. The van der Waals surface area contributed by atoms with Crippen LogP contribution in [0.4, 0.5) is 0 Å². The smallest absolute Gasteiger partial charge is 0.188 e. The maximum absolute atomic E-state index is 5.57. The van der Waals surface area contributed by atoms with Crippen LogP contribution in [0, 0.1) is 0 Å². The van der Waals surface area contributed by atoms with Gasteiger partial charge in [-0.25, -0.2) is 0 Å². The summed E-state index contributed by atoms with van der Waals surface area (Å²) < 4.78 is 55.3. The summed E-state index contributed by atoms with van der Waals surface area (Å²) in [5.41, 5.74) is 9.83. The molecule has 2 heterocycles. The first-order valence-corrected chi connectivity index (χ1v) is 21.1. The van der Waals surface area contributed by atoms with Crippen molar-refractivity contribution >= 4 is 46.1 Å². The van der Waals surface area contributed by atoms with Gasteiger partial charge in [-0.15, -0.1) is 0 Å². The number of nitrogens with zero attached hydrogens (tertiary/aromatic N) is 3. The molecule has 0 unspecified atom stereocenters. The number of H-pyrrole nitrogens is 1. The van der Waals surface area contributed by atoms with E-state index in [1.165, 1.54) is 0 Å². The third-order valence-corrected chi connectivity index (χ3v) is 10.8. The molecule has 0 fully saturated rings. The first-order valence-electron chi connectivity index (χ1n) is 21.1. The second-order valence-electron chi connectivity index (χ2n) is 14.8. The Morgan fingerprint density at radius 1 is 0.433 bits per heavy atom. The van der Waals surface area contributed by atoms with Crippen LogP contribution < -0.4 is 37.9 Å². The third-order valence-electron chi connectivity index (χ3n) is 10.8. The van der Waals surface area contributed by atoms with Crippen LogP contribution in [0.5, 0.6) is 46.0 Å². The molecule has 0 saturated carbocycles. The average molecular weight is 907 g/mol. The lowest BCUT2D eigenvalue weighted by molar-refractivity contribution is 0.0490. The molecule has 0 aliphatic rings. The van der Waals surface area contributed by atoms with Gasteiger partial charge >= 0.3 is 0 Å². The minimum atomic E-state index is 0.162.